The zero-order chi connectivity index (χ0) is 15.1. The van der Waals surface area contributed by atoms with E-state index in [1.165, 1.54) is 0 Å². The Bertz CT molecular complexity index is 591. The number of rotatable bonds is 6. The molecule has 0 N–H and O–H groups in total. The van der Waals surface area contributed by atoms with E-state index >= 15 is 0 Å². The maximum atomic E-state index is 11.6. The molecule has 0 atom stereocenters. The molecule has 0 aliphatic rings. The summed E-state index contributed by atoms with van der Waals surface area (Å²) in [5, 5.41) is 0. The van der Waals surface area contributed by atoms with Gasteiger partial charge in [0.25, 0.3) is 0 Å². The lowest BCUT2D eigenvalue weighted by atomic mass is 10.1. The first kappa shape index (κ1) is 15.1. The van der Waals surface area contributed by atoms with Crippen molar-refractivity contribution in [1.29, 1.82) is 0 Å². The lowest BCUT2D eigenvalue weighted by Gasteiger charge is -2.12. The van der Waals surface area contributed by atoms with Gasteiger partial charge in [0.15, 0.2) is 0 Å². The molecule has 0 saturated heterocycles. The third-order valence-corrected chi connectivity index (χ3v) is 3.10. The Kier molecular flexibility index (Phi) is 5.38. The standard InChI is InChI=1S/C18H20O3/c1-3-20-18(19)12-16-10-9-14(2)11-17(16)21-13-15-7-5-4-6-8-15/h4-11H,3,12-13H2,1-2H3. The Morgan fingerprint density at radius 1 is 1.10 bits per heavy atom. The second-order valence-electron chi connectivity index (χ2n) is 4.87. The molecule has 0 radical (unpaired) electrons. The molecule has 3 nitrogen and oxygen atoms in total. The molecule has 0 heterocycles. The van der Waals surface area contributed by atoms with Gasteiger partial charge < -0.3 is 9.47 Å². The van der Waals surface area contributed by atoms with Crippen LogP contribution in [-0.4, -0.2) is 12.6 Å². The summed E-state index contributed by atoms with van der Waals surface area (Å²) in [5.74, 6) is 0.512. The molecule has 0 aliphatic heterocycles. The van der Waals surface area contributed by atoms with Gasteiger partial charge in [-0.15, -0.1) is 0 Å². The minimum atomic E-state index is -0.231. The summed E-state index contributed by atoms with van der Waals surface area (Å²) < 4.78 is 10.9. The smallest absolute Gasteiger partial charge is 0.310 e. The predicted octanol–water partition coefficient (Wildman–Crippen LogP) is 3.68. The van der Waals surface area contributed by atoms with Crippen LogP contribution < -0.4 is 4.74 Å². The third-order valence-electron chi connectivity index (χ3n) is 3.10. The molecule has 0 bridgehead atoms. The van der Waals surface area contributed by atoms with E-state index < -0.39 is 0 Å². The van der Waals surface area contributed by atoms with Gasteiger partial charge in [-0.25, -0.2) is 0 Å². The molecular formula is C18H20O3. The van der Waals surface area contributed by atoms with E-state index in [1.807, 2.05) is 55.5 Å². The highest BCUT2D eigenvalue weighted by Crippen LogP contribution is 2.22. The van der Waals surface area contributed by atoms with E-state index in [9.17, 15) is 4.79 Å². The maximum Gasteiger partial charge on any atom is 0.310 e. The Morgan fingerprint density at radius 2 is 1.86 bits per heavy atom. The first-order valence-electron chi connectivity index (χ1n) is 7.11. The van der Waals surface area contributed by atoms with Crippen LogP contribution in [0.4, 0.5) is 0 Å². The van der Waals surface area contributed by atoms with E-state index in [4.69, 9.17) is 9.47 Å². The van der Waals surface area contributed by atoms with E-state index in [2.05, 4.69) is 0 Å². The average Bonchev–Trinajstić information content (AvgIpc) is 2.49. The molecule has 0 saturated carbocycles. The summed E-state index contributed by atoms with van der Waals surface area (Å²) in [6, 6.07) is 15.8. The van der Waals surface area contributed by atoms with Crippen LogP contribution in [-0.2, 0) is 22.6 Å². The normalized spacial score (nSPS) is 10.2. The number of ether oxygens (including phenoxy) is 2. The van der Waals surface area contributed by atoms with Crippen molar-refractivity contribution in [3.05, 3.63) is 65.2 Å². The number of esters is 1. The summed E-state index contributed by atoms with van der Waals surface area (Å²) in [7, 11) is 0. The lowest BCUT2D eigenvalue weighted by molar-refractivity contribution is -0.142. The topological polar surface area (TPSA) is 35.5 Å². The number of carbonyl (C=O) groups is 1. The Morgan fingerprint density at radius 3 is 2.57 bits per heavy atom. The molecule has 2 rings (SSSR count). The minimum Gasteiger partial charge on any atom is -0.489 e. The van der Waals surface area contributed by atoms with E-state index in [0.29, 0.717) is 13.2 Å². The van der Waals surface area contributed by atoms with E-state index in [0.717, 1.165) is 22.4 Å². The number of aryl methyl sites for hydroxylation is 1. The van der Waals surface area contributed by atoms with Gasteiger partial charge in [-0.05, 0) is 31.0 Å². The average molecular weight is 284 g/mol. The van der Waals surface area contributed by atoms with Crippen molar-refractivity contribution in [1.82, 2.24) is 0 Å². The van der Waals surface area contributed by atoms with Crippen LogP contribution in [0.1, 0.15) is 23.6 Å². The Hall–Kier alpha value is -2.29. The van der Waals surface area contributed by atoms with Crippen molar-refractivity contribution in [2.75, 3.05) is 6.61 Å². The number of benzene rings is 2. The van der Waals surface area contributed by atoms with Crippen molar-refractivity contribution in [2.45, 2.75) is 26.9 Å². The molecule has 0 aromatic heterocycles. The number of hydrogen-bond acceptors (Lipinski definition) is 3. The molecule has 0 unspecified atom stereocenters. The van der Waals surface area contributed by atoms with Gasteiger partial charge >= 0.3 is 5.97 Å². The van der Waals surface area contributed by atoms with Crippen LogP contribution in [0.15, 0.2) is 48.5 Å². The summed E-state index contributed by atoms with van der Waals surface area (Å²) >= 11 is 0. The molecule has 21 heavy (non-hydrogen) atoms. The molecular weight excluding hydrogens is 264 g/mol. The van der Waals surface area contributed by atoms with Gasteiger partial charge in [-0.1, -0.05) is 42.5 Å². The van der Waals surface area contributed by atoms with Gasteiger partial charge in [0.05, 0.1) is 13.0 Å². The monoisotopic (exact) mass is 284 g/mol. The van der Waals surface area contributed by atoms with Crippen molar-refractivity contribution >= 4 is 5.97 Å². The van der Waals surface area contributed by atoms with Crippen LogP contribution in [0.5, 0.6) is 5.75 Å². The van der Waals surface area contributed by atoms with Gasteiger partial charge in [-0.3, -0.25) is 4.79 Å². The van der Waals surface area contributed by atoms with Crippen molar-refractivity contribution in [3.8, 4) is 5.75 Å². The molecule has 0 fully saturated rings. The molecule has 0 aliphatic carbocycles. The summed E-state index contributed by atoms with van der Waals surface area (Å²) in [4.78, 5) is 11.6. The summed E-state index contributed by atoms with van der Waals surface area (Å²) in [5.41, 5.74) is 3.06. The van der Waals surface area contributed by atoms with Crippen molar-refractivity contribution < 1.29 is 14.3 Å². The molecule has 0 amide bonds. The molecule has 110 valence electrons. The Labute approximate surface area is 125 Å². The first-order valence-corrected chi connectivity index (χ1v) is 7.11. The molecule has 3 heteroatoms. The van der Waals surface area contributed by atoms with Gasteiger partial charge in [0.1, 0.15) is 12.4 Å². The van der Waals surface area contributed by atoms with Crippen LogP contribution >= 0.6 is 0 Å². The van der Waals surface area contributed by atoms with Crippen LogP contribution in [0.25, 0.3) is 0 Å². The van der Waals surface area contributed by atoms with Gasteiger partial charge in [0.2, 0.25) is 0 Å². The third kappa shape index (κ3) is 4.63. The summed E-state index contributed by atoms with van der Waals surface area (Å²) in [6.45, 7) is 4.69. The van der Waals surface area contributed by atoms with E-state index in [-0.39, 0.29) is 12.4 Å². The zero-order valence-electron chi connectivity index (χ0n) is 12.5. The molecule has 2 aromatic rings. The van der Waals surface area contributed by atoms with Crippen molar-refractivity contribution in [3.63, 3.8) is 0 Å². The lowest BCUT2D eigenvalue weighted by Crippen LogP contribution is -2.09. The summed E-state index contributed by atoms with van der Waals surface area (Å²) in [6.07, 6.45) is 0.234. The number of carbonyl (C=O) groups excluding carboxylic acids is 1. The Balaban J connectivity index is 2.09. The highest BCUT2D eigenvalue weighted by Gasteiger charge is 2.10. The quantitative estimate of drug-likeness (QED) is 0.759. The molecule has 0 spiro atoms. The largest absolute Gasteiger partial charge is 0.489 e. The number of hydrogen-bond donors (Lipinski definition) is 0. The second-order valence-corrected chi connectivity index (χ2v) is 4.87. The van der Waals surface area contributed by atoms with Crippen LogP contribution in [0, 0.1) is 6.92 Å². The fraction of sp³-hybridized carbons (Fsp3) is 0.278. The van der Waals surface area contributed by atoms with Crippen LogP contribution in [0.3, 0.4) is 0 Å². The van der Waals surface area contributed by atoms with Gasteiger partial charge in [0, 0.05) is 5.56 Å². The SMILES string of the molecule is CCOC(=O)Cc1ccc(C)cc1OCc1ccccc1. The fourth-order valence-corrected chi connectivity index (χ4v) is 2.05. The minimum absolute atomic E-state index is 0.231. The zero-order valence-corrected chi connectivity index (χ0v) is 12.5. The van der Waals surface area contributed by atoms with Crippen LogP contribution in [0.2, 0.25) is 0 Å². The fourth-order valence-electron chi connectivity index (χ4n) is 2.05. The first-order chi connectivity index (χ1) is 10.2. The van der Waals surface area contributed by atoms with Crippen molar-refractivity contribution in [2.24, 2.45) is 0 Å². The highest BCUT2D eigenvalue weighted by molar-refractivity contribution is 5.73. The highest BCUT2D eigenvalue weighted by atomic mass is 16.5. The maximum absolute atomic E-state index is 11.6. The predicted molar refractivity (Wildman–Crippen MR) is 82.3 cm³/mol. The second kappa shape index (κ2) is 7.48. The molecule has 2 aromatic carbocycles. The van der Waals surface area contributed by atoms with Gasteiger partial charge in [-0.2, -0.15) is 0 Å². The van der Waals surface area contributed by atoms with E-state index in [1.54, 1.807) is 6.92 Å².